The van der Waals surface area contributed by atoms with Crippen LogP contribution in [0.15, 0.2) is 0 Å². The molecular formula is C12H26N2O4S. The van der Waals surface area contributed by atoms with Crippen LogP contribution in [0.1, 0.15) is 47.5 Å². The van der Waals surface area contributed by atoms with E-state index in [0.717, 1.165) is 0 Å². The van der Waals surface area contributed by atoms with Crippen molar-refractivity contribution in [2.45, 2.75) is 53.5 Å². The highest BCUT2D eigenvalue weighted by atomic mass is 32.2. The molecular weight excluding hydrogens is 268 g/mol. The summed E-state index contributed by atoms with van der Waals surface area (Å²) in [6.45, 7) is 9.63. The minimum atomic E-state index is -3.77. The van der Waals surface area contributed by atoms with E-state index >= 15 is 0 Å². The lowest BCUT2D eigenvalue weighted by atomic mass is 9.88. The van der Waals surface area contributed by atoms with Gasteiger partial charge in [-0.1, -0.05) is 34.6 Å². The van der Waals surface area contributed by atoms with Gasteiger partial charge in [0, 0.05) is 13.1 Å². The second-order valence-corrected chi connectivity index (χ2v) is 7.36. The lowest BCUT2D eigenvalue weighted by Gasteiger charge is -2.30. The minimum absolute atomic E-state index is 0.389. The van der Waals surface area contributed by atoms with Crippen molar-refractivity contribution in [3.8, 4) is 0 Å². The van der Waals surface area contributed by atoms with Crippen molar-refractivity contribution in [2.24, 2.45) is 5.41 Å². The maximum Gasteiger partial charge on any atom is 0.322 e. The Labute approximate surface area is 116 Å². The van der Waals surface area contributed by atoms with Gasteiger partial charge in [-0.25, -0.2) is 0 Å². The van der Waals surface area contributed by atoms with Gasteiger partial charge in [-0.05, 0) is 18.3 Å². The van der Waals surface area contributed by atoms with Crippen LogP contribution in [-0.2, 0) is 15.0 Å². The van der Waals surface area contributed by atoms with Crippen LogP contribution >= 0.6 is 0 Å². The predicted octanol–water partition coefficient (Wildman–Crippen LogP) is 1.44. The molecule has 1 atom stereocenters. The average Bonchev–Trinajstić information content (AvgIpc) is 2.24. The number of carboxylic acids is 1. The van der Waals surface area contributed by atoms with E-state index in [9.17, 15) is 13.2 Å². The largest absolute Gasteiger partial charge is 0.480 e. The van der Waals surface area contributed by atoms with Gasteiger partial charge in [-0.2, -0.15) is 17.4 Å². The lowest BCUT2D eigenvalue weighted by Crippen LogP contribution is -2.53. The number of hydrogen-bond acceptors (Lipinski definition) is 3. The number of rotatable bonds is 8. The van der Waals surface area contributed by atoms with Crippen LogP contribution in [0, 0.1) is 5.41 Å². The van der Waals surface area contributed by atoms with Crippen LogP contribution in [0.5, 0.6) is 0 Å². The van der Waals surface area contributed by atoms with E-state index in [0.29, 0.717) is 25.9 Å². The van der Waals surface area contributed by atoms with Gasteiger partial charge in [0.1, 0.15) is 6.04 Å². The molecule has 0 heterocycles. The first kappa shape index (κ1) is 18.3. The molecule has 0 aliphatic heterocycles. The maximum atomic E-state index is 12.2. The molecule has 0 amide bonds. The first-order valence-corrected chi connectivity index (χ1v) is 8.00. The van der Waals surface area contributed by atoms with Gasteiger partial charge < -0.3 is 5.11 Å². The summed E-state index contributed by atoms with van der Waals surface area (Å²) in [6, 6.07) is -1.14. The molecule has 2 N–H and O–H groups in total. The molecule has 0 aliphatic rings. The summed E-state index contributed by atoms with van der Waals surface area (Å²) in [6.07, 6.45) is 1.38. The standard InChI is InChI=1S/C12H26N2O4S/c1-6-8-14(9-7-2)19(17,18)13-10(11(15)16)12(3,4)5/h10,13H,6-9H2,1-5H3,(H,15,16)/t10-/m1/s1. The fourth-order valence-corrected chi connectivity index (χ4v) is 3.42. The quantitative estimate of drug-likeness (QED) is 0.709. The summed E-state index contributed by atoms with van der Waals surface area (Å²) < 4.78 is 28.0. The summed E-state index contributed by atoms with van der Waals surface area (Å²) in [5.41, 5.74) is -0.691. The van der Waals surface area contributed by atoms with Crippen LogP contribution in [0.3, 0.4) is 0 Å². The molecule has 0 aromatic heterocycles. The fraction of sp³-hybridized carbons (Fsp3) is 0.917. The van der Waals surface area contributed by atoms with Crippen LogP contribution in [-0.4, -0.2) is 42.9 Å². The first-order chi connectivity index (χ1) is 8.56. The summed E-state index contributed by atoms with van der Waals surface area (Å²) in [7, 11) is -3.77. The molecule has 0 aromatic rings. The van der Waals surface area contributed by atoms with Crippen molar-refractivity contribution in [3.63, 3.8) is 0 Å². The summed E-state index contributed by atoms with van der Waals surface area (Å²) in [4.78, 5) is 11.2. The number of carboxylic acid groups (broad SMARTS) is 1. The van der Waals surface area contributed by atoms with Crippen molar-refractivity contribution in [2.75, 3.05) is 13.1 Å². The topological polar surface area (TPSA) is 86.7 Å². The second kappa shape index (κ2) is 7.21. The molecule has 0 saturated carbocycles. The van der Waals surface area contributed by atoms with Gasteiger partial charge in [0.25, 0.3) is 10.2 Å². The van der Waals surface area contributed by atoms with E-state index in [-0.39, 0.29) is 0 Å². The van der Waals surface area contributed by atoms with E-state index in [1.807, 2.05) is 13.8 Å². The highest BCUT2D eigenvalue weighted by molar-refractivity contribution is 7.87. The highest BCUT2D eigenvalue weighted by Crippen LogP contribution is 2.20. The molecule has 0 rings (SSSR count). The molecule has 6 nitrogen and oxygen atoms in total. The van der Waals surface area contributed by atoms with Crippen molar-refractivity contribution in [1.29, 1.82) is 0 Å². The summed E-state index contributed by atoms with van der Waals surface area (Å²) in [5.74, 6) is -1.16. The third kappa shape index (κ3) is 5.88. The van der Waals surface area contributed by atoms with Gasteiger partial charge in [0.15, 0.2) is 0 Å². The Hall–Kier alpha value is -0.660. The van der Waals surface area contributed by atoms with Crippen molar-refractivity contribution < 1.29 is 18.3 Å². The first-order valence-electron chi connectivity index (χ1n) is 6.56. The van der Waals surface area contributed by atoms with Gasteiger partial charge in [0.05, 0.1) is 0 Å². The van der Waals surface area contributed by atoms with Gasteiger partial charge >= 0.3 is 5.97 Å². The normalized spacial score (nSPS) is 14.6. The molecule has 0 aromatic carbocycles. The smallest absolute Gasteiger partial charge is 0.322 e. The summed E-state index contributed by atoms with van der Waals surface area (Å²) in [5, 5.41) is 9.17. The Morgan fingerprint density at radius 2 is 1.63 bits per heavy atom. The van der Waals surface area contributed by atoms with Crippen molar-refractivity contribution in [3.05, 3.63) is 0 Å². The van der Waals surface area contributed by atoms with Crippen molar-refractivity contribution >= 4 is 16.2 Å². The van der Waals surface area contributed by atoms with Crippen LogP contribution < -0.4 is 4.72 Å². The Balaban J connectivity index is 5.13. The predicted molar refractivity (Wildman–Crippen MR) is 75.1 cm³/mol. The molecule has 0 aliphatic carbocycles. The van der Waals surface area contributed by atoms with E-state index in [1.165, 1.54) is 4.31 Å². The van der Waals surface area contributed by atoms with Crippen LogP contribution in [0.4, 0.5) is 0 Å². The van der Waals surface area contributed by atoms with Gasteiger partial charge in [-0.3, -0.25) is 4.79 Å². The fourth-order valence-electron chi connectivity index (χ4n) is 1.67. The second-order valence-electron chi connectivity index (χ2n) is 5.66. The zero-order valence-electron chi connectivity index (χ0n) is 12.4. The SMILES string of the molecule is CCCN(CCC)S(=O)(=O)N[C@H](C(=O)O)C(C)(C)C. The zero-order chi connectivity index (χ0) is 15.3. The van der Waals surface area contributed by atoms with Gasteiger partial charge in [0.2, 0.25) is 0 Å². The third-order valence-corrected chi connectivity index (χ3v) is 4.24. The molecule has 114 valence electrons. The Kier molecular flexibility index (Phi) is 6.96. The average molecular weight is 294 g/mol. The third-order valence-electron chi connectivity index (χ3n) is 2.67. The van der Waals surface area contributed by atoms with E-state index in [2.05, 4.69) is 4.72 Å². The van der Waals surface area contributed by atoms with E-state index in [4.69, 9.17) is 5.11 Å². The molecule has 7 heteroatoms. The minimum Gasteiger partial charge on any atom is -0.480 e. The van der Waals surface area contributed by atoms with E-state index in [1.54, 1.807) is 20.8 Å². The number of nitrogens with zero attached hydrogens (tertiary/aromatic N) is 1. The molecule has 0 saturated heterocycles. The Bertz CT molecular complexity index is 381. The van der Waals surface area contributed by atoms with Crippen LogP contribution in [0.2, 0.25) is 0 Å². The number of aliphatic carboxylic acids is 1. The molecule has 0 unspecified atom stereocenters. The molecule has 0 fully saturated rings. The Morgan fingerprint density at radius 3 is 1.89 bits per heavy atom. The van der Waals surface area contributed by atoms with Crippen molar-refractivity contribution in [1.82, 2.24) is 9.03 Å². The molecule has 0 bridgehead atoms. The highest BCUT2D eigenvalue weighted by Gasteiger charge is 2.36. The number of nitrogens with one attached hydrogen (secondary N) is 1. The molecule has 0 spiro atoms. The molecule has 19 heavy (non-hydrogen) atoms. The van der Waals surface area contributed by atoms with Crippen LogP contribution in [0.25, 0.3) is 0 Å². The maximum absolute atomic E-state index is 12.2. The monoisotopic (exact) mass is 294 g/mol. The Morgan fingerprint density at radius 1 is 1.21 bits per heavy atom. The van der Waals surface area contributed by atoms with Gasteiger partial charge in [-0.15, -0.1) is 0 Å². The molecule has 0 radical (unpaired) electrons. The number of carbonyl (C=O) groups is 1. The number of hydrogen-bond donors (Lipinski definition) is 2. The zero-order valence-corrected chi connectivity index (χ0v) is 13.2. The summed E-state index contributed by atoms with van der Waals surface area (Å²) >= 11 is 0. The lowest BCUT2D eigenvalue weighted by molar-refractivity contribution is -0.141. The van der Waals surface area contributed by atoms with E-state index < -0.39 is 27.6 Å².